The van der Waals surface area contributed by atoms with Gasteiger partial charge in [0.15, 0.2) is 0 Å². The van der Waals surface area contributed by atoms with Crippen LogP contribution in [0.1, 0.15) is 19.3 Å². The maximum absolute atomic E-state index is 12.4. The maximum atomic E-state index is 12.4. The van der Waals surface area contributed by atoms with E-state index in [9.17, 15) is 9.59 Å². The molecule has 2 aliphatic rings. The predicted molar refractivity (Wildman–Crippen MR) is 96.4 cm³/mol. The third-order valence-corrected chi connectivity index (χ3v) is 4.85. The van der Waals surface area contributed by atoms with Crippen molar-refractivity contribution in [3.05, 3.63) is 24.3 Å². The van der Waals surface area contributed by atoms with Crippen molar-refractivity contribution in [3.63, 3.8) is 0 Å². The summed E-state index contributed by atoms with van der Waals surface area (Å²) in [5.74, 6) is -0.290. The van der Waals surface area contributed by atoms with Crippen molar-refractivity contribution in [2.75, 3.05) is 43.1 Å². The lowest BCUT2D eigenvalue weighted by atomic mass is 9.96. The summed E-state index contributed by atoms with van der Waals surface area (Å²) < 4.78 is 5.39. The van der Waals surface area contributed by atoms with Crippen molar-refractivity contribution in [2.45, 2.75) is 25.3 Å². The molecule has 0 saturated carbocycles. The van der Waals surface area contributed by atoms with Gasteiger partial charge >= 0.3 is 0 Å². The number of amides is 2. The molecule has 7 nitrogen and oxygen atoms in total. The van der Waals surface area contributed by atoms with E-state index in [1.807, 2.05) is 24.3 Å². The number of piperidine rings is 1. The second kappa shape index (κ2) is 8.31. The molecule has 25 heavy (non-hydrogen) atoms. The Kier molecular flexibility index (Phi) is 5.88. The average molecular weight is 346 g/mol. The third-order valence-electron chi connectivity index (χ3n) is 4.85. The summed E-state index contributed by atoms with van der Waals surface area (Å²) in [6.45, 7) is 3.57. The quantitative estimate of drug-likeness (QED) is 0.729. The van der Waals surface area contributed by atoms with Crippen LogP contribution < -0.4 is 21.3 Å². The molecule has 4 N–H and O–H groups in total. The monoisotopic (exact) mass is 346 g/mol. The summed E-state index contributed by atoms with van der Waals surface area (Å²) in [6, 6.07) is 7.85. The van der Waals surface area contributed by atoms with E-state index in [1.165, 1.54) is 0 Å². The lowest BCUT2D eigenvalue weighted by molar-refractivity contribution is -0.122. The second-order valence-corrected chi connectivity index (χ2v) is 6.66. The van der Waals surface area contributed by atoms with E-state index in [2.05, 4.69) is 15.5 Å². The number of hydrogen-bond acceptors (Lipinski definition) is 5. The fourth-order valence-electron chi connectivity index (χ4n) is 3.44. The van der Waals surface area contributed by atoms with E-state index in [1.54, 1.807) is 0 Å². The highest BCUT2D eigenvalue weighted by Crippen LogP contribution is 2.29. The molecule has 0 radical (unpaired) electrons. The highest BCUT2D eigenvalue weighted by atomic mass is 16.5. The lowest BCUT2D eigenvalue weighted by Gasteiger charge is -2.33. The molecule has 1 atom stereocenters. The number of nitrogens with two attached hydrogens (primary N) is 1. The molecule has 7 heteroatoms. The van der Waals surface area contributed by atoms with Crippen LogP contribution in [0.5, 0.6) is 0 Å². The van der Waals surface area contributed by atoms with Crippen molar-refractivity contribution in [1.29, 1.82) is 0 Å². The van der Waals surface area contributed by atoms with Crippen molar-refractivity contribution < 1.29 is 14.3 Å². The van der Waals surface area contributed by atoms with Gasteiger partial charge in [-0.25, -0.2) is 0 Å². The zero-order chi connectivity index (χ0) is 17.6. The number of nitrogens with zero attached hydrogens (tertiary/aromatic N) is 1. The van der Waals surface area contributed by atoms with Gasteiger partial charge in [-0.15, -0.1) is 0 Å². The summed E-state index contributed by atoms with van der Waals surface area (Å²) in [4.78, 5) is 25.9. The van der Waals surface area contributed by atoms with Crippen LogP contribution in [-0.2, 0) is 14.3 Å². The topological polar surface area (TPSA) is 96.7 Å². The van der Waals surface area contributed by atoms with Crippen LogP contribution in [0.3, 0.4) is 0 Å². The van der Waals surface area contributed by atoms with Gasteiger partial charge in [0, 0.05) is 38.0 Å². The molecule has 0 spiro atoms. The molecule has 0 bridgehead atoms. The molecular formula is C18H26N4O3. The summed E-state index contributed by atoms with van der Waals surface area (Å²) >= 11 is 0. The van der Waals surface area contributed by atoms with E-state index in [0.29, 0.717) is 19.6 Å². The van der Waals surface area contributed by atoms with Crippen LogP contribution in [0.4, 0.5) is 11.4 Å². The molecule has 1 unspecified atom stereocenters. The van der Waals surface area contributed by atoms with Gasteiger partial charge in [0.05, 0.1) is 24.6 Å². The summed E-state index contributed by atoms with van der Waals surface area (Å²) in [5.41, 5.74) is 7.20. The summed E-state index contributed by atoms with van der Waals surface area (Å²) in [7, 11) is 0. The van der Waals surface area contributed by atoms with Crippen LogP contribution >= 0.6 is 0 Å². The van der Waals surface area contributed by atoms with Gasteiger partial charge in [-0.3, -0.25) is 9.59 Å². The number of carbonyl (C=O) groups is 2. The minimum absolute atomic E-state index is 0.0255. The van der Waals surface area contributed by atoms with Gasteiger partial charge in [0.25, 0.3) is 0 Å². The number of rotatable bonds is 5. The highest BCUT2D eigenvalue weighted by molar-refractivity contribution is 5.94. The Morgan fingerprint density at radius 2 is 2.04 bits per heavy atom. The van der Waals surface area contributed by atoms with Gasteiger partial charge in [0.1, 0.15) is 0 Å². The Hall–Kier alpha value is -2.12. The molecular weight excluding hydrogens is 320 g/mol. The Morgan fingerprint density at radius 3 is 2.72 bits per heavy atom. The molecule has 2 heterocycles. The van der Waals surface area contributed by atoms with Crippen molar-refractivity contribution in [3.8, 4) is 0 Å². The number of benzene rings is 1. The minimum Gasteiger partial charge on any atom is -0.378 e. The highest BCUT2D eigenvalue weighted by Gasteiger charge is 2.25. The lowest BCUT2D eigenvalue weighted by Crippen LogP contribution is -2.43. The van der Waals surface area contributed by atoms with Crippen LogP contribution in [0.25, 0.3) is 0 Å². The molecule has 0 aromatic heterocycles. The van der Waals surface area contributed by atoms with Crippen molar-refractivity contribution >= 4 is 23.2 Å². The van der Waals surface area contributed by atoms with Crippen LogP contribution in [-0.4, -0.2) is 50.7 Å². The number of hydrogen-bond donors (Lipinski definition) is 3. The average Bonchev–Trinajstić information content (AvgIpc) is 2.63. The van der Waals surface area contributed by atoms with Gasteiger partial charge < -0.3 is 26.0 Å². The van der Waals surface area contributed by atoms with Crippen molar-refractivity contribution in [2.24, 2.45) is 11.7 Å². The number of nitrogens with one attached hydrogen (secondary N) is 2. The zero-order valence-electron chi connectivity index (χ0n) is 14.4. The fraction of sp³-hybridized carbons (Fsp3) is 0.556. The number of anilines is 2. The predicted octanol–water partition coefficient (Wildman–Crippen LogP) is 0.705. The molecule has 0 aliphatic carbocycles. The first-order valence-corrected chi connectivity index (χ1v) is 8.88. The smallest absolute Gasteiger partial charge is 0.226 e. The number of morpholine rings is 1. The molecule has 1 aromatic carbocycles. The molecule has 2 amide bonds. The molecule has 2 fully saturated rings. The standard InChI is InChI=1S/C18H26N4O3/c19-18(24)13-5-8-22(9-6-13)16-4-2-1-3-15(16)21-17(23)11-14-12-25-10-7-20-14/h1-4,13-14,20H,5-12H2,(H2,19,24)(H,21,23). The van der Waals surface area contributed by atoms with Gasteiger partial charge in [-0.05, 0) is 25.0 Å². The SMILES string of the molecule is NC(=O)C1CCN(c2ccccc2NC(=O)CC2COCCN2)CC1. The fourth-order valence-corrected chi connectivity index (χ4v) is 3.44. The van der Waals surface area contributed by atoms with E-state index in [0.717, 1.165) is 43.9 Å². The molecule has 3 rings (SSSR count). The van der Waals surface area contributed by atoms with E-state index in [4.69, 9.17) is 10.5 Å². The minimum atomic E-state index is -0.219. The van der Waals surface area contributed by atoms with Crippen LogP contribution in [0, 0.1) is 5.92 Å². The van der Waals surface area contributed by atoms with Crippen LogP contribution in [0.2, 0.25) is 0 Å². The number of para-hydroxylation sites is 2. The number of ether oxygens (including phenoxy) is 1. The Bertz CT molecular complexity index is 608. The maximum Gasteiger partial charge on any atom is 0.226 e. The third kappa shape index (κ3) is 4.70. The van der Waals surface area contributed by atoms with Crippen molar-refractivity contribution in [1.82, 2.24) is 5.32 Å². The first-order valence-electron chi connectivity index (χ1n) is 8.88. The first kappa shape index (κ1) is 17.7. The first-order chi connectivity index (χ1) is 12.1. The van der Waals surface area contributed by atoms with E-state index < -0.39 is 0 Å². The summed E-state index contributed by atoms with van der Waals surface area (Å²) in [5, 5.41) is 6.31. The molecule has 1 aromatic rings. The van der Waals surface area contributed by atoms with E-state index >= 15 is 0 Å². The molecule has 136 valence electrons. The summed E-state index contributed by atoms with van der Waals surface area (Å²) in [6.07, 6.45) is 1.89. The molecule has 2 aliphatic heterocycles. The Labute approximate surface area is 147 Å². The van der Waals surface area contributed by atoms with Gasteiger partial charge in [-0.1, -0.05) is 12.1 Å². The van der Waals surface area contributed by atoms with Gasteiger partial charge in [0.2, 0.25) is 11.8 Å². The van der Waals surface area contributed by atoms with Crippen LogP contribution in [0.15, 0.2) is 24.3 Å². The Balaban J connectivity index is 1.61. The number of carbonyl (C=O) groups excluding carboxylic acids is 2. The number of primary amides is 1. The molecule has 2 saturated heterocycles. The Morgan fingerprint density at radius 1 is 1.28 bits per heavy atom. The largest absolute Gasteiger partial charge is 0.378 e. The normalized spacial score (nSPS) is 21.8. The zero-order valence-corrected chi connectivity index (χ0v) is 14.4. The second-order valence-electron chi connectivity index (χ2n) is 6.66. The van der Waals surface area contributed by atoms with E-state index in [-0.39, 0.29) is 23.8 Å². The van der Waals surface area contributed by atoms with Gasteiger partial charge in [-0.2, -0.15) is 0 Å².